The lowest BCUT2D eigenvalue weighted by atomic mass is 10.1. The molecule has 2 amide bonds. The van der Waals surface area contributed by atoms with Gasteiger partial charge in [0.25, 0.3) is 0 Å². The van der Waals surface area contributed by atoms with Crippen molar-refractivity contribution in [3.63, 3.8) is 0 Å². The molecule has 2 aromatic rings. The maximum Gasteiger partial charge on any atom is 0.321 e. The standard InChI is InChI=1S/C19H19ClN4O/c20-16-6-4-5-15(13-16)18(14-21)23-9-11-24(12-10-23)19(25)22-17-7-2-1-3-8-17/h1-8,13,18H,9-12H2,(H,22,25). The summed E-state index contributed by atoms with van der Waals surface area (Å²) in [6, 6.07) is 18.7. The first-order chi connectivity index (χ1) is 12.2. The molecule has 128 valence electrons. The van der Waals surface area contributed by atoms with Crippen LogP contribution < -0.4 is 5.32 Å². The largest absolute Gasteiger partial charge is 0.322 e. The average Bonchev–Trinajstić information content (AvgIpc) is 2.64. The van der Waals surface area contributed by atoms with Crippen LogP contribution in [0.1, 0.15) is 11.6 Å². The van der Waals surface area contributed by atoms with E-state index in [1.807, 2.05) is 48.5 Å². The van der Waals surface area contributed by atoms with Crippen LogP contribution in [-0.2, 0) is 0 Å². The van der Waals surface area contributed by atoms with Crippen LogP contribution >= 0.6 is 11.6 Å². The van der Waals surface area contributed by atoms with Gasteiger partial charge in [-0.25, -0.2) is 4.79 Å². The molecule has 1 aliphatic rings. The monoisotopic (exact) mass is 354 g/mol. The summed E-state index contributed by atoms with van der Waals surface area (Å²) >= 11 is 6.04. The van der Waals surface area contributed by atoms with E-state index in [0.717, 1.165) is 11.3 Å². The van der Waals surface area contributed by atoms with Crippen LogP contribution in [0.3, 0.4) is 0 Å². The van der Waals surface area contributed by atoms with Crippen LogP contribution in [0.25, 0.3) is 0 Å². The van der Waals surface area contributed by atoms with Gasteiger partial charge in [0.15, 0.2) is 0 Å². The average molecular weight is 355 g/mol. The molecule has 0 saturated carbocycles. The van der Waals surface area contributed by atoms with E-state index in [2.05, 4.69) is 16.3 Å². The van der Waals surface area contributed by atoms with E-state index >= 15 is 0 Å². The molecular weight excluding hydrogens is 336 g/mol. The fourth-order valence-electron chi connectivity index (χ4n) is 2.95. The number of carbonyl (C=O) groups excluding carboxylic acids is 1. The highest BCUT2D eigenvalue weighted by Crippen LogP contribution is 2.24. The zero-order chi connectivity index (χ0) is 17.6. The van der Waals surface area contributed by atoms with Crippen molar-refractivity contribution in [3.05, 3.63) is 65.2 Å². The number of halogens is 1. The predicted octanol–water partition coefficient (Wildman–Crippen LogP) is 3.75. The van der Waals surface area contributed by atoms with Gasteiger partial charge in [0.2, 0.25) is 0 Å². The number of carbonyl (C=O) groups is 1. The van der Waals surface area contributed by atoms with Gasteiger partial charge in [-0.05, 0) is 29.8 Å². The summed E-state index contributed by atoms with van der Waals surface area (Å²) < 4.78 is 0. The van der Waals surface area contributed by atoms with Crippen LogP contribution in [0.15, 0.2) is 54.6 Å². The maximum absolute atomic E-state index is 12.3. The number of nitrogens with zero attached hydrogens (tertiary/aromatic N) is 3. The Labute approximate surface area is 152 Å². The highest BCUT2D eigenvalue weighted by Gasteiger charge is 2.27. The number of anilines is 1. The molecule has 1 N–H and O–H groups in total. The summed E-state index contributed by atoms with van der Waals surface area (Å²) in [5, 5.41) is 13.1. The second kappa shape index (κ2) is 8.02. The van der Waals surface area contributed by atoms with E-state index in [0.29, 0.717) is 31.2 Å². The minimum Gasteiger partial charge on any atom is -0.322 e. The molecule has 0 bridgehead atoms. The molecule has 0 aromatic heterocycles. The van der Waals surface area contributed by atoms with Gasteiger partial charge in [0.05, 0.1) is 6.07 Å². The topological polar surface area (TPSA) is 59.4 Å². The number of hydrogen-bond donors (Lipinski definition) is 1. The van der Waals surface area contributed by atoms with Crippen molar-refractivity contribution in [1.29, 1.82) is 5.26 Å². The molecule has 0 aliphatic carbocycles. The molecule has 0 radical (unpaired) electrons. The highest BCUT2D eigenvalue weighted by molar-refractivity contribution is 6.30. The molecular formula is C19H19ClN4O. The predicted molar refractivity (Wildman–Crippen MR) is 98.4 cm³/mol. The van der Waals surface area contributed by atoms with E-state index in [1.54, 1.807) is 11.0 Å². The second-order valence-electron chi connectivity index (χ2n) is 5.91. The fourth-order valence-corrected chi connectivity index (χ4v) is 3.15. The number of para-hydroxylation sites is 1. The third kappa shape index (κ3) is 4.30. The Morgan fingerprint density at radius 1 is 1.08 bits per heavy atom. The summed E-state index contributed by atoms with van der Waals surface area (Å²) in [4.78, 5) is 16.2. The number of rotatable bonds is 3. The first-order valence-corrected chi connectivity index (χ1v) is 8.55. The number of hydrogen-bond acceptors (Lipinski definition) is 3. The van der Waals surface area contributed by atoms with Gasteiger partial charge < -0.3 is 10.2 Å². The second-order valence-corrected chi connectivity index (χ2v) is 6.34. The molecule has 1 heterocycles. The van der Waals surface area contributed by atoms with Gasteiger partial charge in [-0.15, -0.1) is 0 Å². The quantitative estimate of drug-likeness (QED) is 0.913. The van der Waals surface area contributed by atoms with Gasteiger partial charge in [-0.3, -0.25) is 4.90 Å². The lowest BCUT2D eigenvalue weighted by molar-refractivity contribution is 0.131. The number of piperazine rings is 1. The molecule has 6 heteroatoms. The van der Waals surface area contributed by atoms with Gasteiger partial charge >= 0.3 is 6.03 Å². The van der Waals surface area contributed by atoms with E-state index < -0.39 is 0 Å². The number of urea groups is 1. The zero-order valence-corrected chi connectivity index (χ0v) is 14.5. The minimum atomic E-state index is -0.349. The van der Waals surface area contributed by atoms with Crippen molar-refractivity contribution in [2.24, 2.45) is 0 Å². The van der Waals surface area contributed by atoms with Crippen LogP contribution in [-0.4, -0.2) is 42.0 Å². The van der Waals surface area contributed by atoms with Crippen molar-refractivity contribution < 1.29 is 4.79 Å². The Kier molecular flexibility index (Phi) is 5.54. The number of nitriles is 1. The maximum atomic E-state index is 12.3. The Hall–Kier alpha value is -2.55. The lowest BCUT2D eigenvalue weighted by Gasteiger charge is -2.37. The van der Waals surface area contributed by atoms with Crippen LogP contribution in [0.2, 0.25) is 5.02 Å². The summed E-state index contributed by atoms with van der Waals surface area (Å²) in [5.41, 5.74) is 1.67. The third-order valence-corrected chi connectivity index (χ3v) is 4.51. The van der Waals surface area contributed by atoms with Crippen molar-refractivity contribution in [1.82, 2.24) is 9.80 Å². The number of amides is 2. The van der Waals surface area contributed by atoms with Crippen molar-refractivity contribution in [3.8, 4) is 6.07 Å². The molecule has 5 nitrogen and oxygen atoms in total. The van der Waals surface area contributed by atoms with Gasteiger partial charge in [0, 0.05) is 36.9 Å². The summed E-state index contributed by atoms with van der Waals surface area (Å²) in [5.74, 6) is 0. The van der Waals surface area contributed by atoms with Crippen LogP contribution in [0.5, 0.6) is 0 Å². The highest BCUT2D eigenvalue weighted by atomic mass is 35.5. The normalized spacial score (nSPS) is 16.1. The zero-order valence-electron chi connectivity index (χ0n) is 13.7. The van der Waals surface area contributed by atoms with E-state index in [1.165, 1.54) is 0 Å². The Morgan fingerprint density at radius 2 is 1.80 bits per heavy atom. The molecule has 1 aliphatic heterocycles. The molecule has 1 unspecified atom stereocenters. The Bertz CT molecular complexity index is 766. The Balaban J connectivity index is 1.59. The molecule has 1 atom stereocenters. The molecule has 1 fully saturated rings. The van der Waals surface area contributed by atoms with Crippen molar-refractivity contribution >= 4 is 23.3 Å². The van der Waals surface area contributed by atoms with E-state index in [-0.39, 0.29) is 12.1 Å². The molecule has 2 aromatic carbocycles. The van der Waals surface area contributed by atoms with Gasteiger partial charge in [-0.2, -0.15) is 5.26 Å². The Morgan fingerprint density at radius 3 is 2.44 bits per heavy atom. The van der Waals surface area contributed by atoms with Gasteiger partial charge in [0.1, 0.15) is 6.04 Å². The van der Waals surface area contributed by atoms with E-state index in [9.17, 15) is 10.1 Å². The van der Waals surface area contributed by atoms with Crippen molar-refractivity contribution in [2.75, 3.05) is 31.5 Å². The van der Waals surface area contributed by atoms with Gasteiger partial charge in [-0.1, -0.05) is 41.9 Å². The van der Waals surface area contributed by atoms with Crippen LogP contribution in [0, 0.1) is 11.3 Å². The summed E-state index contributed by atoms with van der Waals surface area (Å²) in [6.07, 6.45) is 0. The number of nitrogens with one attached hydrogen (secondary N) is 1. The summed E-state index contributed by atoms with van der Waals surface area (Å²) in [7, 11) is 0. The lowest BCUT2D eigenvalue weighted by Crippen LogP contribution is -2.50. The van der Waals surface area contributed by atoms with E-state index in [4.69, 9.17) is 11.6 Å². The number of benzene rings is 2. The molecule has 3 rings (SSSR count). The smallest absolute Gasteiger partial charge is 0.321 e. The molecule has 1 saturated heterocycles. The van der Waals surface area contributed by atoms with Crippen molar-refractivity contribution in [2.45, 2.75) is 6.04 Å². The minimum absolute atomic E-state index is 0.109. The summed E-state index contributed by atoms with van der Waals surface area (Å²) in [6.45, 7) is 2.45. The fraction of sp³-hybridized carbons (Fsp3) is 0.263. The first-order valence-electron chi connectivity index (χ1n) is 8.17. The SMILES string of the molecule is N#CC(c1cccc(Cl)c1)N1CCN(C(=O)Nc2ccccc2)CC1. The molecule has 0 spiro atoms. The third-order valence-electron chi connectivity index (χ3n) is 4.28. The first kappa shape index (κ1) is 17.3. The molecule has 25 heavy (non-hydrogen) atoms. The van der Waals surface area contributed by atoms with Crippen LogP contribution in [0.4, 0.5) is 10.5 Å².